The molecular weight excluding hydrogens is 251 g/mol. The number of hydrogen-bond acceptors (Lipinski definition) is 4. The molecule has 0 bridgehead atoms. The first kappa shape index (κ1) is 14.6. The normalized spacial score (nSPS) is 13.2. The van der Waals surface area contributed by atoms with Crippen LogP contribution >= 0.6 is 0 Å². The van der Waals surface area contributed by atoms with Crippen molar-refractivity contribution in [3.8, 4) is 11.5 Å². The van der Waals surface area contributed by atoms with Crippen LogP contribution in [0, 0.1) is 0 Å². The van der Waals surface area contributed by atoms with Crippen LogP contribution in [-0.4, -0.2) is 32.7 Å². The SMILES string of the molecule is COCC(CN)Oc1ccc(OC(F)(F)F)cc1. The van der Waals surface area contributed by atoms with E-state index in [1.165, 1.54) is 31.4 Å². The lowest BCUT2D eigenvalue weighted by Gasteiger charge is -2.16. The summed E-state index contributed by atoms with van der Waals surface area (Å²) in [5, 5.41) is 0. The Hall–Kier alpha value is -1.47. The van der Waals surface area contributed by atoms with Gasteiger partial charge in [-0.3, -0.25) is 0 Å². The van der Waals surface area contributed by atoms with Crippen molar-refractivity contribution < 1.29 is 27.4 Å². The van der Waals surface area contributed by atoms with E-state index in [1.54, 1.807) is 0 Å². The van der Waals surface area contributed by atoms with E-state index in [0.29, 0.717) is 12.4 Å². The van der Waals surface area contributed by atoms with E-state index in [9.17, 15) is 13.2 Å². The van der Waals surface area contributed by atoms with Crippen molar-refractivity contribution in [2.75, 3.05) is 20.3 Å². The van der Waals surface area contributed by atoms with Gasteiger partial charge in [0.15, 0.2) is 0 Å². The van der Waals surface area contributed by atoms with Crippen LogP contribution < -0.4 is 15.2 Å². The summed E-state index contributed by atoms with van der Waals surface area (Å²) in [5.41, 5.74) is 5.44. The van der Waals surface area contributed by atoms with E-state index < -0.39 is 6.36 Å². The molecule has 1 aromatic rings. The first-order valence-corrected chi connectivity index (χ1v) is 5.16. The van der Waals surface area contributed by atoms with Gasteiger partial charge in [-0.15, -0.1) is 13.2 Å². The highest BCUT2D eigenvalue weighted by Crippen LogP contribution is 2.24. The smallest absolute Gasteiger partial charge is 0.487 e. The summed E-state index contributed by atoms with van der Waals surface area (Å²) in [7, 11) is 1.51. The molecule has 0 saturated heterocycles. The van der Waals surface area contributed by atoms with Gasteiger partial charge in [0.05, 0.1) is 6.61 Å². The lowest BCUT2D eigenvalue weighted by molar-refractivity contribution is -0.274. The number of methoxy groups -OCH3 is 1. The van der Waals surface area contributed by atoms with Gasteiger partial charge in [-0.1, -0.05) is 0 Å². The minimum absolute atomic E-state index is 0.245. The first-order chi connectivity index (χ1) is 8.44. The standard InChI is InChI=1S/C11H14F3NO3/c1-16-7-10(6-15)17-8-2-4-9(5-3-8)18-11(12,13)14/h2-5,10H,6-7,15H2,1H3. The van der Waals surface area contributed by atoms with Gasteiger partial charge in [-0.05, 0) is 24.3 Å². The maximum atomic E-state index is 11.9. The summed E-state index contributed by atoms with van der Waals surface area (Å²) in [6.07, 6.45) is -5.04. The number of halogens is 3. The zero-order valence-corrected chi connectivity index (χ0v) is 9.74. The average Bonchev–Trinajstić information content (AvgIpc) is 2.29. The van der Waals surface area contributed by atoms with Crippen molar-refractivity contribution in [2.45, 2.75) is 12.5 Å². The van der Waals surface area contributed by atoms with E-state index in [0.717, 1.165) is 0 Å². The molecule has 1 atom stereocenters. The molecule has 0 amide bonds. The van der Waals surface area contributed by atoms with Crippen molar-refractivity contribution in [3.63, 3.8) is 0 Å². The summed E-state index contributed by atoms with van der Waals surface area (Å²) in [6, 6.07) is 5.09. The minimum atomic E-state index is -4.70. The van der Waals surface area contributed by atoms with Crippen molar-refractivity contribution in [2.24, 2.45) is 5.73 Å². The van der Waals surface area contributed by atoms with Gasteiger partial charge < -0.3 is 19.9 Å². The van der Waals surface area contributed by atoms with Crippen LogP contribution in [0.2, 0.25) is 0 Å². The predicted molar refractivity (Wildman–Crippen MR) is 58.5 cm³/mol. The molecule has 4 nitrogen and oxygen atoms in total. The summed E-state index contributed by atoms with van der Waals surface area (Å²) >= 11 is 0. The van der Waals surface area contributed by atoms with Crippen molar-refractivity contribution in [3.05, 3.63) is 24.3 Å². The van der Waals surface area contributed by atoms with Gasteiger partial charge in [0.25, 0.3) is 0 Å². The summed E-state index contributed by atoms with van der Waals surface area (Å²) in [6.45, 7) is 0.548. The summed E-state index contributed by atoms with van der Waals surface area (Å²) in [4.78, 5) is 0. The number of benzene rings is 1. The molecule has 102 valence electrons. The van der Waals surface area contributed by atoms with Gasteiger partial charge >= 0.3 is 6.36 Å². The Morgan fingerprint density at radius 1 is 1.17 bits per heavy atom. The monoisotopic (exact) mass is 265 g/mol. The van der Waals surface area contributed by atoms with Crippen LogP contribution in [0.15, 0.2) is 24.3 Å². The maximum absolute atomic E-state index is 11.9. The third-order valence-electron chi connectivity index (χ3n) is 1.98. The van der Waals surface area contributed by atoms with Gasteiger partial charge in [0.1, 0.15) is 17.6 Å². The van der Waals surface area contributed by atoms with E-state index in [4.69, 9.17) is 15.2 Å². The highest BCUT2D eigenvalue weighted by molar-refractivity contribution is 5.31. The highest BCUT2D eigenvalue weighted by Gasteiger charge is 2.30. The molecule has 1 aromatic carbocycles. The minimum Gasteiger partial charge on any atom is -0.487 e. The first-order valence-electron chi connectivity index (χ1n) is 5.16. The lowest BCUT2D eigenvalue weighted by atomic mass is 10.3. The van der Waals surface area contributed by atoms with Gasteiger partial charge in [-0.2, -0.15) is 0 Å². The lowest BCUT2D eigenvalue weighted by Crippen LogP contribution is -2.31. The van der Waals surface area contributed by atoms with Gasteiger partial charge in [0, 0.05) is 13.7 Å². The number of rotatable bonds is 6. The summed E-state index contributed by atoms with van der Waals surface area (Å²) in [5.74, 6) is 0.0999. The third-order valence-corrected chi connectivity index (χ3v) is 1.98. The van der Waals surface area contributed by atoms with Crippen molar-refractivity contribution in [1.82, 2.24) is 0 Å². The Morgan fingerprint density at radius 2 is 1.72 bits per heavy atom. The van der Waals surface area contributed by atoms with Crippen LogP contribution in [0.3, 0.4) is 0 Å². The fraction of sp³-hybridized carbons (Fsp3) is 0.455. The van der Waals surface area contributed by atoms with Crippen LogP contribution in [0.4, 0.5) is 13.2 Å². The molecule has 0 radical (unpaired) electrons. The maximum Gasteiger partial charge on any atom is 0.573 e. The van der Waals surface area contributed by atoms with E-state index in [1.807, 2.05) is 0 Å². The number of nitrogens with two attached hydrogens (primary N) is 1. The Balaban J connectivity index is 2.59. The third kappa shape index (κ3) is 5.24. The molecule has 2 N–H and O–H groups in total. The Bertz CT molecular complexity index is 354. The quantitative estimate of drug-likeness (QED) is 0.854. The number of ether oxygens (including phenoxy) is 3. The topological polar surface area (TPSA) is 53.7 Å². The molecule has 18 heavy (non-hydrogen) atoms. The second-order valence-corrected chi connectivity index (χ2v) is 3.45. The molecule has 0 aliphatic carbocycles. The van der Waals surface area contributed by atoms with Crippen molar-refractivity contribution >= 4 is 0 Å². The van der Waals surface area contributed by atoms with Gasteiger partial charge in [-0.25, -0.2) is 0 Å². The Labute approximate surface area is 102 Å². The molecule has 0 saturated carbocycles. The molecule has 0 heterocycles. The average molecular weight is 265 g/mol. The number of hydrogen-bond donors (Lipinski definition) is 1. The predicted octanol–water partition coefficient (Wildman–Crippen LogP) is 1.94. The van der Waals surface area contributed by atoms with Crippen LogP contribution in [0.25, 0.3) is 0 Å². The fourth-order valence-corrected chi connectivity index (χ4v) is 1.25. The Morgan fingerprint density at radius 3 is 2.17 bits per heavy atom. The zero-order chi connectivity index (χ0) is 13.6. The molecule has 0 spiro atoms. The summed E-state index contributed by atoms with van der Waals surface area (Å²) < 4.78 is 49.8. The molecule has 0 aromatic heterocycles. The van der Waals surface area contributed by atoms with Gasteiger partial charge in [0.2, 0.25) is 0 Å². The van der Waals surface area contributed by atoms with Crippen LogP contribution in [-0.2, 0) is 4.74 Å². The van der Waals surface area contributed by atoms with E-state index in [-0.39, 0.29) is 18.4 Å². The number of alkyl halides is 3. The molecular formula is C11H14F3NO3. The highest BCUT2D eigenvalue weighted by atomic mass is 19.4. The van der Waals surface area contributed by atoms with E-state index in [2.05, 4.69) is 4.74 Å². The van der Waals surface area contributed by atoms with E-state index >= 15 is 0 Å². The molecule has 1 rings (SSSR count). The Kier molecular flexibility index (Phi) is 5.24. The van der Waals surface area contributed by atoms with Crippen molar-refractivity contribution in [1.29, 1.82) is 0 Å². The zero-order valence-electron chi connectivity index (χ0n) is 9.74. The second kappa shape index (κ2) is 6.46. The molecule has 0 aliphatic heterocycles. The molecule has 7 heteroatoms. The van der Waals surface area contributed by atoms with Crippen LogP contribution in [0.5, 0.6) is 11.5 Å². The second-order valence-electron chi connectivity index (χ2n) is 3.45. The fourth-order valence-electron chi connectivity index (χ4n) is 1.25. The van der Waals surface area contributed by atoms with Crippen LogP contribution in [0.1, 0.15) is 0 Å². The molecule has 0 aliphatic rings. The largest absolute Gasteiger partial charge is 0.573 e. The molecule has 1 unspecified atom stereocenters. The molecule has 0 fully saturated rings.